The maximum Gasteiger partial charge on any atom is 0.0646 e. The Morgan fingerprint density at radius 2 is 2.17 bits per heavy atom. The second-order valence-electron chi connectivity index (χ2n) is 3.53. The van der Waals surface area contributed by atoms with E-state index in [2.05, 4.69) is 11.6 Å². The van der Waals surface area contributed by atoms with Crippen LogP contribution in [-0.2, 0) is 4.74 Å². The van der Waals surface area contributed by atoms with Gasteiger partial charge in [-0.05, 0) is 24.1 Å². The summed E-state index contributed by atoms with van der Waals surface area (Å²) in [6, 6.07) is 0. The van der Waals surface area contributed by atoms with Gasteiger partial charge in [-0.25, -0.2) is 0 Å². The summed E-state index contributed by atoms with van der Waals surface area (Å²) in [4.78, 5) is 4.02. The molecule has 0 aromatic carbocycles. The van der Waals surface area contributed by atoms with E-state index in [0.29, 0.717) is 12.3 Å². The molecule has 98 valence electrons. The molecule has 4 heteroatoms. The molecular weight excluding hydrogens is 226 g/mol. The predicted octanol–water partition coefficient (Wildman–Crippen LogP) is 2.03. The van der Waals surface area contributed by atoms with Gasteiger partial charge in [-0.2, -0.15) is 0 Å². The second-order valence-corrected chi connectivity index (χ2v) is 3.53. The van der Waals surface area contributed by atoms with Gasteiger partial charge in [0.1, 0.15) is 0 Å². The third kappa shape index (κ3) is 8.13. The van der Waals surface area contributed by atoms with Gasteiger partial charge in [-0.1, -0.05) is 24.8 Å². The summed E-state index contributed by atoms with van der Waals surface area (Å²) in [7, 11) is 1.65. The highest BCUT2D eigenvalue weighted by Gasteiger charge is 1.95. The van der Waals surface area contributed by atoms with Crippen LogP contribution < -0.4 is 11.5 Å². The highest BCUT2D eigenvalue weighted by atomic mass is 16.5. The Kier molecular flexibility index (Phi) is 8.95. The van der Waals surface area contributed by atoms with Gasteiger partial charge in [0.15, 0.2) is 0 Å². The van der Waals surface area contributed by atoms with E-state index in [9.17, 15) is 0 Å². The molecule has 0 bridgehead atoms. The standard InChI is InChI=1S/C14H21N3O/c1-12(6-4-5-9-18-3)14(10-13(2)16)11-17-8-7-15/h4-8,10-11H,2,9,15-16H2,1,3H3/b5-4-,8-7+,12-6+,14-10-,17-11+. The zero-order chi connectivity index (χ0) is 13.8. The van der Waals surface area contributed by atoms with E-state index in [0.717, 1.165) is 11.1 Å². The minimum Gasteiger partial charge on any atom is -0.403 e. The van der Waals surface area contributed by atoms with Crippen molar-refractivity contribution in [2.75, 3.05) is 13.7 Å². The van der Waals surface area contributed by atoms with E-state index in [1.165, 1.54) is 12.4 Å². The van der Waals surface area contributed by atoms with Crippen LogP contribution in [0.4, 0.5) is 0 Å². The SMILES string of the molecule is C=C(N)/C=C(/C=N/C=C/N)C(\C)=C\C=C/COC. The third-order valence-corrected chi connectivity index (χ3v) is 1.93. The van der Waals surface area contributed by atoms with Crippen molar-refractivity contribution in [1.82, 2.24) is 0 Å². The Balaban J connectivity index is 4.91. The number of allylic oxidation sites excluding steroid dienone is 5. The Morgan fingerprint density at radius 3 is 2.72 bits per heavy atom. The van der Waals surface area contributed by atoms with Gasteiger partial charge in [0.05, 0.1) is 6.61 Å². The average Bonchev–Trinajstić information content (AvgIpc) is 2.33. The Hall–Kier alpha value is -2.07. The van der Waals surface area contributed by atoms with Crippen molar-refractivity contribution in [1.29, 1.82) is 0 Å². The molecule has 0 heterocycles. The van der Waals surface area contributed by atoms with Crippen LogP contribution in [0.1, 0.15) is 6.92 Å². The lowest BCUT2D eigenvalue weighted by Crippen LogP contribution is -1.95. The van der Waals surface area contributed by atoms with Crippen LogP contribution >= 0.6 is 0 Å². The summed E-state index contributed by atoms with van der Waals surface area (Å²) in [6.45, 7) is 6.19. The van der Waals surface area contributed by atoms with Crippen LogP contribution in [0.25, 0.3) is 0 Å². The lowest BCUT2D eigenvalue weighted by molar-refractivity contribution is 0.234. The van der Waals surface area contributed by atoms with E-state index >= 15 is 0 Å². The lowest BCUT2D eigenvalue weighted by atomic mass is 10.1. The zero-order valence-corrected chi connectivity index (χ0v) is 11.0. The normalized spacial score (nSPS) is 14.1. The first-order valence-corrected chi connectivity index (χ1v) is 5.50. The minimum absolute atomic E-state index is 0.474. The van der Waals surface area contributed by atoms with Crippen molar-refractivity contribution in [3.05, 3.63) is 60.1 Å². The molecule has 0 spiro atoms. The number of hydrogen-bond donors (Lipinski definition) is 2. The largest absolute Gasteiger partial charge is 0.403 e. The molecule has 0 aromatic heterocycles. The van der Waals surface area contributed by atoms with Crippen molar-refractivity contribution in [3.63, 3.8) is 0 Å². The molecular formula is C14H21N3O. The Labute approximate surface area is 109 Å². The summed E-state index contributed by atoms with van der Waals surface area (Å²) >= 11 is 0. The zero-order valence-electron chi connectivity index (χ0n) is 11.0. The number of aliphatic imine (C=N–C) groups is 1. The molecule has 18 heavy (non-hydrogen) atoms. The van der Waals surface area contributed by atoms with E-state index in [-0.39, 0.29) is 0 Å². The molecule has 0 aromatic rings. The van der Waals surface area contributed by atoms with E-state index in [1.54, 1.807) is 19.4 Å². The van der Waals surface area contributed by atoms with E-state index in [1.807, 2.05) is 25.2 Å². The fourth-order valence-corrected chi connectivity index (χ4v) is 1.09. The minimum atomic E-state index is 0.474. The van der Waals surface area contributed by atoms with Crippen molar-refractivity contribution < 1.29 is 4.74 Å². The van der Waals surface area contributed by atoms with Crippen LogP contribution in [-0.4, -0.2) is 19.9 Å². The fraction of sp³-hybridized carbons (Fsp3) is 0.214. The molecule has 0 aliphatic heterocycles. The van der Waals surface area contributed by atoms with E-state index < -0.39 is 0 Å². The fourth-order valence-electron chi connectivity index (χ4n) is 1.09. The molecule has 0 radical (unpaired) electrons. The monoisotopic (exact) mass is 247 g/mol. The number of nitrogens with two attached hydrogens (primary N) is 2. The molecule has 0 unspecified atom stereocenters. The van der Waals surface area contributed by atoms with Gasteiger partial charge in [-0.15, -0.1) is 0 Å². The van der Waals surface area contributed by atoms with Crippen molar-refractivity contribution >= 4 is 6.21 Å². The molecule has 4 nitrogen and oxygen atoms in total. The first-order chi connectivity index (χ1) is 8.61. The first kappa shape index (κ1) is 15.9. The summed E-state index contributed by atoms with van der Waals surface area (Å²) < 4.78 is 4.91. The molecule has 0 rings (SSSR count). The molecule has 0 fully saturated rings. The maximum absolute atomic E-state index is 5.57. The molecule has 0 saturated heterocycles. The maximum atomic E-state index is 5.57. The molecule has 0 amide bonds. The van der Waals surface area contributed by atoms with Gasteiger partial charge in [0.25, 0.3) is 0 Å². The molecule has 4 N–H and O–H groups in total. The quantitative estimate of drug-likeness (QED) is 0.534. The number of methoxy groups -OCH3 is 1. The lowest BCUT2D eigenvalue weighted by Gasteiger charge is -2.01. The summed E-state index contributed by atoms with van der Waals surface area (Å²) in [6.07, 6.45) is 12.1. The summed E-state index contributed by atoms with van der Waals surface area (Å²) in [5.41, 5.74) is 13.1. The van der Waals surface area contributed by atoms with Crippen LogP contribution in [0.2, 0.25) is 0 Å². The van der Waals surface area contributed by atoms with Gasteiger partial charge < -0.3 is 16.2 Å². The van der Waals surface area contributed by atoms with Crippen molar-refractivity contribution in [2.24, 2.45) is 16.5 Å². The predicted molar refractivity (Wildman–Crippen MR) is 78.0 cm³/mol. The number of rotatable bonds is 7. The second kappa shape index (κ2) is 10.1. The van der Waals surface area contributed by atoms with Crippen molar-refractivity contribution in [2.45, 2.75) is 6.92 Å². The molecule has 0 aliphatic carbocycles. The van der Waals surface area contributed by atoms with Gasteiger partial charge in [-0.3, -0.25) is 4.99 Å². The number of ether oxygens (including phenoxy) is 1. The molecule has 0 saturated carbocycles. The van der Waals surface area contributed by atoms with Crippen LogP contribution in [0, 0.1) is 0 Å². The number of nitrogens with zero attached hydrogens (tertiary/aromatic N) is 1. The summed E-state index contributed by atoms with van der Waals surface area (Å²) in [5.74, 6) is 0. The highest BCUT2D eigenvalue weighted by Crippen LogP contribution is 2.08. The Morgan fingerprint density at radius 1 is 1.44 bits per heavy atom. The molecule has 0 aliphatic rings. The van der Waals surface area contributed by atoms with Crippen LogP contribution in [0.5, 0.6) is 0 Å². The first-order valence-electron chi connectivity index (χ1n) is 5.50. The van der Waals surface area contributed by atoms with Crippen LogP contribution in [0.15, 0.2) is 65.1 Å². The van der Waals surface area contributed by atoms with Gasteiger partial charge in [0, 0.05) is 31.4 Å². The average molecular weight is 247 g/mol. The van der Waals surface area contributed by atoms with Gasteiger partial charge >= 0.3 is 0 Å². The molecule has 0 atom stereocenters. The van der Waals surface area contributed by atoms with E-state index in [4.69, 9.17) is 16.2 Å². The highest BCUT2D eigenvalue weighted by molar-refractivity contribution is 5.85. The Bertz CT molecular complexity index is 401. The summed E-state index contributed by atoms with van der Waals surface area (Å²) in [5, 5.41) is 0. The van der Waals surface area contributed by atoms with Crippen molar-refractivity contribution in [3.8, 4) is 0 Å². The smallest absolute Gasteiger partial charge is 0.0646 e. The van der Waals surface area contributed by atoms with Crippen LogP contribution in [0.3, 0.4) is 0 Å². The topological polar surface area (TPSA) is 73.6 Å². The third-order valence-electron chi connectivity index (χ3n) is 1.93. The number of hydrogen-bond acceptors (Lipinski definition) is 4. The van der Waals surface area contributed by atoms with Gasteiger partial charge in [0.2, 0.25) is 0 Å².